The fourth-order valence-electron chi connectivity index (χ4n) is 3.54. The van der Waals surface area contributed by atoms with Crippen LogP contribution in [-0.4, -0.2) is 41.8 Å². The van der Waals surface area contributed by atoms with Gasteiger partial charge in [0.25, 0.3) is 0 Å². The molecule has 2 rings (SSSR count). The monoisotopic (exact) mass is 268 g/mol. The Morgan fingerprint density at radius 1 is 1.42 bits per heavy atom. The molecule has 2 fully saturated rings. The molecule has 1 aliphatic carbocycles. The Bertz CT molecular complexity index is 313. The normalized spacial score (nSPS) is 27.4. The van der Waals surface area contributed by atoms with Gasteiger partial charge in [-0.05, 0) is 33.1 Å². The topological polar surface area (TPSA) is 41.6 Å². The van der Waals surface area contributed by atoms with Gasteiger partial charge in [-0.3, -0.25) is 10.1 Å². The standard InChI is InChI=1S/C15H28N2O2/c1-4-8-13-16-15(9-6-7-10-15)14(18)17(13)12(3)11-19-5-2/h12-13,16H,4-11H2,1-3H3. The Balaban J connectivity index is 2.11. The highest BCUT2D eigenvalue weighted by atomic mass is 16.5. The number of carbonyl (C=O) groups is 1. The van der Waals surface area contributed by atoms with E-state index in [4.69, 9.17) is 4.74 Å². The zero-order chi connectivity index (χ0) is 13.9. The zero-order valence-electron chi connectivity index (χ0n) is 12.6. The van der Waals surface area contributed by atoms with Crippen LogP contribution in [0.25, 0.3) is 0 Å². The third-order valence-corrected chi connectivity index (χ3v) is 4.48. The lowest BCUT2D eigenvalue weighted by Crippen LogP contribution is -2.46. The van der Waals surface area contributed by atoms with E-state index in [1.165, 1.54) is 12.8 Å². The number of carbonyl (C=O) groups excluding carboxylic acids is 1. The minimum absolute atomic E-state index is 0.163. The van der Waals surface area contributed by atoms with E-state index in [9.17, 15) is 4.79 Å². The van der Waals surface area contributed by atoms with Crippen molar-refractivity contribution in [1.82, 2.24) is 10.2 Å². The summed E-state index contributed by atoms with van der Waals surface area (Å²) in [6.07, 6.45) is 6.68. The van der Waals surface area contributed by atoms with E-state index >= 15 is 0 Å². The molecule has 1 heterocycles. The van der Waals surface area contributed by atoms with Crippen LogP contribution >= 0.6 is 0 Å². The third kappa shape index (κ3) is 2.79. The van der Waals surface area contributed by atoms with Gasteiger partial charge in [0.1, 0.15) is 0 Å². The molecule has 1 N–H and O–H groups in total. The van der Waals surface area contributed by atoms with E-state index in [1.54, 1.807) is 0 Å². The summed E-state index contributed by atoms with van der Waals surface area (Å²) in [4.78, 5) is 14.9. The smallest absolute Gasteiger partial charge is 0.244 e. The SMILES string of the molecule is CCCC1NC2(CCCC2)C(=O)N1C(C)COCC. The highest BCUT2D eigenvalue weighted by Crippen LogP contribution is 2.38. The van der Waals surface area contributed by atoms with Crippen molar-refractivity contribution in [2.75, 3.05) is 13.2 Å². The van der Waals surface area contributed by atoms with E-state index in [0.29, 0.717) is 19.1 Å². The van der Waals surface area contributed by atoms with Crippen LogP contribution in [0.1, 0.15) is 59.3 Å². The van der Waals surface area contributed by atoms with Crippen molar-refractivity contribution in [1.29, 1.82) is 0 Å². The highest BCUT2D eigenvalue weighted by molar-refractivity contribution is 5.89. The predicted octanol–water partition coefficient (Wildman–Crippen LogP) is 2.28. The Labute approximate surface area is 116 Å². The Hall–Kier alpha value is -0.610. The minimum atomic E-state index is -0.250. The van der Waals surface area contributed by atoms with E-state index in [2.05, 4.69) is 24.1 Å². The summed E-state index contributed by atoms with van der Waals surface area (Å²) >= 11 is 0. The average Bonchev–Trinajstić information content (AvgIpc) is 2.95. The summed E-state index contributed by atoms with van der Waals surface area (Å²) in [5.74, 6) is 0.315. The van der Waals surface area contributed by atoms with Crippen molar-refractivity contribution < 1.29 is 9.53 Å². The quantitative estimate of drug-likeness (QED) is 0.803. The molecule has 2 aliphatic rings. The van der Waals surface area contributed by atoms with Crippen LogP contribution in [0.3, 0.4) is 0 Å². The number of rotatable bonds is 6. The first-order valence-corrected chi connectivity index (χ1v) is 7.83. The number of amides is 1. The fourth-order valence-corrected chi connectivity index (χ4v) is 3.54. The summed E-state index contributed by atoms with van der Waals surface area (Å²) in [6, 6.07) is 0.163. The second kappa shape index (κ2) is 6.23. The lowest BCUT2D eigenvalue weighted by molar-refractivity contribution is -0.136. The average molecular weight is 268 g/mol. The van der Waals surface area contributed by atoms with Gasteiger partial charge in [0, 0.05) is 6.61 Å². The molecule has 4 nitrogen and oxygen atoms in total. The minimum Gasteiger partial charge on any atom is -0.380 e. The molecule has 1 aliphatic heterocycles. The molecule has 0 bridgehead atoms. The van der Waals surface area contributed by atoms with Crippen LogP contribution in [0.5, 0.6) is 0 Å². The first kappa shape index (κ1) is 14.8. The number of ether oxygens (including phenoxy) is 1. The largest absolute Gasteiger partial charge is 0.380 e. The summed E-state index contributed by atoms with van der Waals surface area (Å²) in [6.45, 7) is 7.63. The number of hydrogen-bond acceptors (Lipinski definition) is 3. The van der Waals surface area contributed by atoms with Crippen LogP contribution in [0.15, 0.2) is 0 Å². The maximum atomic E-state index is 12.8. The van der Waals surface area contributed by atoms with Crippen LogP contribution in [0.4, 0.5) is 0 Å². The Kier molecular flexibility index (Phi) is 4.85. The molecule has 2 unspecified atom stereocenters. The molecule has 110 valence electrons. The number of hydrogen-bond donors (Lipinski definition) is 1. The van der Waals surface area contributed by atoms with Gasteiger partial charge >= 0.3 is 0 Å². The Morgan fingerprint density at radius 2 is 2.11 bits per heavy atom. The van der Waals surface area contributed by atoms with Crippen LogP contribution in [0.2, 0.25) is 0 Å². The molecule has 1 saturated heterocycles. The first-order chi connectivity index (χ1) is 9.14. The molecule has 0 radical (unpaired) electrons. The van der Waals surface area contributed by atoms with E-state index in [-0.39, 0.29) is 17.7 Å². The van der Waals surface area contributed by atoms with E-state index < -0.39 is 0 Å². The van der Waals surface area contributed by atoms with Crippen LogP contribution in [0, 0.1) is 0 Å². The Morgan fingerprint density at radius 3 is 2.68 bits per heavy atom. The number of nitrogens with zero attached hydrogens (tertiary/aromatic N) is 1. The highest BCUT2D eigenvalue weighted by Gasteiger charge is 2.52. The van der Waals surface area contributed by atoms with Gasteiger partial charge in [-0.15, -0.1) is 0 Å². The van der Waals surface area contributed by atoms with E-state index in [0.717, 1.165) is 25.7 Å². The van der Waals surface area contributed by atoms with Crippen molar-refractivity contribution in [3.63, 3.8) is 0 Å². The molecule has 19 heavy (non-hydrogen) atoms. The first-order valence-electron chi connectivity index (χ1n) is 7.83. The lowest BCUT2D eigenvalue weighted by Gasteiger charge is -2.30. The lowest BCUT2D eigenvalue weighted by atomic mass is 9.97. The molecular weight excluding hydrogens is 240 g/mol. The van der Waals surface area contributed by atoms with Crippen molar-refractivity contribution in [2.24, 2.45) is 0 Å². The number of nitrogens with one attached hydrogen (secondary N) is 1. The predicted molar refractivity (Wildman–Crippen MR) is 75.8 cm³/mol. The molecule has 0 aromatic carbocycles. The van der Waals surface area contributed by atoms with Crippen molar-refractivity contribution in [3.05, 3.63) is 0 Å². The maximum Gasteiger partial charge on any atom is 0.244 e. The molecule has 4 heteroatoms. The van der Waals surface area contributed by atoms with Crippen LogP contribution in [-0.2, 0) is 9.53 Å². The third-order valence-electron chi connectivity index (χ3n) is 4.48. The van der Waals surface area contributed by atoms with Gasteiger partial charge in [0.2, 0.25) is 5.91 Å². The molecule has 1 amide bonds. The second-order valence-electron chi connectivity index (χ2n) is 5.96. The molecule has 1 saturated carbocycles. The van der Waals surface area contributed by atoms with Crippen molar-refractivity contribution in [2.45, 2.75) is 77.0 Å². The second-order valence-corrected chi connectivity index (χ2v) is 5.96. The molecular formula is C15H28N2O2. The fraction of sp³-hybridized carbons (Fsp3) is 0.933. The van der Waals surface area contributed by atoms with Gasteiger partial charge < -0.3 is 9.64 Å². The van der Waals surface area contributed by atoms with Gasteiger partial charge in [-0.1, -0.05) is 26.2 Å². The van der Waals surface area contributed by atoms with E-state index in [1.807, 2.05) is 6.92 Å². The van der Waals surface area contributed by atoms with Gasteiger partial charge in [-0.2, -0.15) is 0 Å². The van der Waals surface area contributed by atoms with Gasteiger partial charge in [0.15, 0.2) is 0 Å². The molecule has 2 atom stereocenters. The van der Waals surface area contributed by atoms with Gasteiger partial charge in [-0.25, -0.2) is 0 Å². The van der Waals surface area contributed by atoms with Crippen molar-refractivity contribution in [3.8, 4) is 0 Å². The van der Waals surface area contributed by atoms with Crippen molar-refractivity contribution >= 4 is 5.91 Å². The maximum absolute atomic E-state index is 12.8. The molecule has 0 aromatic heterocycles. The molecule has 0 aromatic rings. The summed E-state index contributed by atoms with van der Waals surface area (Å²) in [5.41, 5.74) is -0.250. The summed E-state index contributed by atoms with van der Waals surface area (Å²) in [7, 11) is 0. The van der Waals surface area contributed by atoms with Crippen LogP contribution < -0.4 is 5.32 Å². The zero-order valence-corrected chi connectivity index (χ0v) is 12.6. The summed E-state index contributed by atoms with van der Waals surface area (Å²) in [5, 5.41) is 3.65. The van der Waals surface area contributed by atoms with Gasteiger partial charge in [0.05, 0.1) is 24.4 Å². The summed E-state index contributed by atoms with van der Waals surface area (Å²) < 4.78 is 5.51. The molecule has 1 spiro atoms.